The summed E-state index contributed by atoms with van der Waals surface area (Å²) < 4.78 is 0. The molecule has 0 unspecified atom stereocenters. The summed E-state index contributed by atoms with van der Waals surface area (Å²) in [6.07, 6.45) is 25.9. The van der Waals surface area contributed by atoms with Crippen molar-refractivity contribution in [1.29, 1.82) is 0 Å². The van der Waals surface area contributed by atoms with Crippen LogP contribution in [0.15, 0.2) is 0 Å². The van der Waals surface area contributed by atoms with Crippen LogP contribution in [0.3, 0.4) is 0 Å². The number of hydrogen-bond donors (Lipinski definition) is 0. The first-order valence-electron chi connectivity index (χ1n) is 10.4. The molecule has 0 nitrogen and oxygen atoms in total. The molecule has 23 heavy (non-hydrogen) atoms. The van der Waals surface area contributed by atoms with Crippen LogP contribution in [0.4, 0.5) is 0 Å². The summed E-state index contributed by atoms with van der Waals surface area (Å²) in [5.41, 5.74) is 0. The first-order valence-corrected chi connectivity index (χ1v) is 12.4. The Bertz CT molecular complexity index is 176. The largest absolute Gasteiger partial charge is 1.00 e. The lowest BCUT2D eigenvalue weighted by Gasteiger charge is -2.05. The summed E-state index contributed by atoms with van der Waals surface area (Å²) >= 11 is 0. The van der Waals surface area contributed by atoms with E-state index in [0.717, 1.165) is 0 Å². The average Bonchev–Trinajstić information content (AvgIpc) is 2.52. The fourth-order valence-corrected chi connectivity index (χ4v) is 4.66. The minimum atomic E-state index is 0. The molecule has 0 radical (unpaired) electrons. The molecule has 2 heteroatoms. The van der Waals surface area contributed by atoms with Crippen LogP contribution >= 0.6 is 0 Å². The molecular weight excluding hydrogens is 320 g/mol. The van der Waals surface area contributed by atoms with E-state index in [-0.39, 0.29) is 12.4 Å². The van der Waals surface area contributed by atoms with Crippen LogP contribution in [0, 0.1) is 0 Å². The van der Waals surface area contributed by atoms with Crippen LogP contribution in [0.1, 0.15) is 117 Å². The van der Waals surface area contributed by atoms with Crippen molar-refractivity contribution in [3.8, 4) is 0 Å². The van der Waals surface area contributed by atoms with E-state index in [1.165, 1.54) is 114 Å². The molecule has 0 saturated carbocycles. The molecule has 0 saturated heterocycles. The molecule has 0 fully saturated rings. The summed E-state index contributed by atoms with van der Waals surface area (Å²) in [7, 11) is 0.709. The Labute approximate surface area is 157 Å². The molecule has 0 spiro atoms. The van der Waals surface area contributed by atoms with E-state index in [1.54, 1.807) is 0 Å². The van der Waals surface area contributed by atoms with Crippen LogP contribution < -0.4 is 12.4 Å². The quantitative estimate of drug-likeness (QED) is 0.248. The van der Waals surface area contributed by atoms with Gasteiger partial charge in [0.1, 0.15) is 11.5 Å². The molecule has 0 atom stereocenters. The van der Waals surface area contributed by atoms with Crippen molar-refractivity contribution in [3.63, 3.8) is 0 Å². The molecule has 0 aliphatic heterocycles. The number of unbranched alkanes of at least 4 members (excludes halogenated alkanes) is 14. The summed E-state index contributed by atoms with van der Waals surface area (Å²) in [6.45, 7) is 4.60. The fourth-order valence-electron chi connectivity index (χ4n) is 3.07. The highest BCUT2D eigenvalue weighted by atomic mass is 35.5. The van der Waals surface area contributed by atoms with E-state index in [9.17, 15) is 0 Å². The van der Waals surface area contributed by atoms with Gasteiger partial charge in [-0.1, -0.05) is 90.9 Å². The highest BCUT2D eigenvalue weighted by molar-refractivity contribution is 7.96. The third-order valence-electron chi connectivity index (χ3n) is 4.69. The molecule has 0 aromatic heterocycles. The molecule has 0 amide bonds. The van der Waals surface area contributed by atoms with Gasteiger partial charge >= 0.3 is 0 Å². The van der Waals surface area contributed by atoms with Gasteiger partial charge in [0, 0.05) is 0 Å². The molecule has 0 N–H and O–H groups in total. The lowest BCUT2D eigenvalue weighted by molar-refractivity contribution is -0.00000503. The Morgan fingerprint density at radius 1 is 0.435 bits per heavy atom. The van der Waals surface area contributed by atoms with Crippen molar-refractivity contribution in [2.24, 2.45) is 0 Å². The molecular formula is C21H45ClS. The maximum absolute atomic E-state index is 2.50. The van der Waals surface area contributed by atoms with E-state index >= 15 is 0 Å². The van der Waals surface area contributed by atoms with Crippen molar-refractivity contribution >= 4 is 10.9 Å². The Morgan fingerprint density at radius 2 is 0.696 bits per heavy atom. The van der Waals surface area contributed by atoms with Gasteiger partial charge in [0.05, 0.1) is 6.26 Å². The van der Waals surface area contributed by atoms with Crippen molar-refractivity contribution in [1.82, 2.24) is 0 Å². The van der Waals surface area contributed by atoms with Gasteiger partial charge in [0.2, 0.25) is 0 Å². The van der Waals surface area contributed by atoms with Gasteiger partial charge in [-0.3, -0.25) is 0 Å². The lowest BCUT2D eigenvalue weighted by Crippen LogP contribution is -3.00. The Kier molecular flexibility index (Phi) is 25.5. The highest BCUT2D eigenvalue weighted by Gasteiger charge is 2.09. The monoisotopic (exact) mass is 364 g/mol. The summed E-state index contributed by atoms with van der Waals surface area (Å²) in [4.78, 5) is 0. The topological polar surface area (TPSA) is 0 Å². The van der Waals surface area contributed by atoms with Gasteiger partial charge < -0.3 is 12.4 Å². The molecule has 0 aromatic rings. The van der Waals surface area contributed by atoms with E-state index in [2.05, 4.69) is 20.1 Å². The predicted molar refractivity (Wildman–Crippen MR) is 108 cm³/mol. The van der Waals surface area contributed by atoms with Gasteiger partial charge in [0.15, 0.2) is 0 Å². The third-order valence-corrected chi connectivity index (χ3v) is 6.66. The van der Waals surface area contributed by atoms with Crippen LogP contribution in [-0.4, -0.2) is 17.8 Å². The molecule has 142 valence electrons. The molecule has 0 bridgehead atoms. The van der Waals surface area contributed by atoms with E-state index < -0.39 is 0 Å². The van der Waals surface area contributed by atoms with Gasteiger partial charge in [-0.25, -0.2) is 0 Å². The van der Waals surface area contributed by atoms with Gasteiger partial charge in [-0.05, 0) is 36.6 Å². The molecule has 0 heterocycles. The molecule has 0 aliphatic carbocycles. The van der Waals surface area contributed by atoms with E-state index in [0.29, 0.717) is 10.9 Å². The summed E-state index contributed by atoms with van der Waals surface area (Å²) in [6, 6.07) is 0. The highest BCUT2D eigenvalue weighted by Crippen LogP contribution is 2.12. The van der Waals surface area contributed by atoms with Crippen molar-refractivity contribution in [2.45, 2.75) is 117 Å². The number of halogens is 1. The van der Waals surface area contributed by atoms with Crippen LogP contribution in [-0.2, 0) is 10.9 Å². The number of rotatable bonds is 18. The summed E-state index contributed by atoms with van der Waals surface area (Å²) in [5, 5.41) is 0. The first kappa shape index (κ1) is 25.9. The van der Waals surface area contributed by atoms with Crippen LogP contribution in [0.2, 0.25) is 0 Å². The van der Waals surface area contributed by atoms with Crippen molar-refractivity contribution < 1.29 is 12.4 Å². The van der Waals surface area contributed by atoms with Gasteiger partial charge in [-0.2, -0.15) is 0 Å². The molecule has 0 rings (SSSR count). The Balaban J connectivity index is 0. The number of hydrogen-bond acceptors (Lipinski definition) is 0. The van der Waals surface area contributed by atoms with Crippen LogP contribution in [0.25, 0.3) is 0 Å². The zero-order chi connectivity index (χ0) is 16.3. The van der Waals surface area contributed by atoms with Gasteiger partial charge in [0.25, 0.3) is 0 Å². The lowest BCUT2D eigenvalue weighted by atomic mass is 10.1. The molecule has 0 aliphatic rings. The van der Waals surface area contributed by atoms with Crippen molar-refractivity contribution in [3.05, 3.63) is 0 Å². The van der Waals surface area contributed by atoms with E-state index in [4.69, 9.17) is 0 Å². The fraction of sp³-hybridized carbons (Fsp3) is 1.00. The maximum atomic E-state index is 2.50. The SMILES string of the molecule is CCCCCCCCCC[S+](C)CCCCCCCCCC.[Cl-]. The Hall–Kier alpha value is 0.640. The first-order chi connectivity index (χ1) is 10.8. The Morgan fingerprint density at radius 3 is 1.00 bits per heavy atom. The second-order valence-corrected chi connectivity index (χ2v) is 9.52. The second kappa shape index (κ2) is 22.6. The van der Waals surface area contributed by atoms with Gasteiger partial charge in [-0.15, -0.1) is 0 Å². The predicted octanol–water partition coefficient (Wildman–Crippen LogP) is 4.52. The summed E-state index contributed by atoms with van der Waals surface area (Å²) in [5.74, 6) is 3.01. The zero-order valence-electron chi connectivity index (χ0n) is 16.5. The normalized spacial score (nSPS) is 11.0. The minimum Gasteiger partial charge on any atom is -1.00 e. The van der Waals surface area contributed by atoms with E-state index in [1.807, 2.05) is 0 Å². The third kappa shape index (κ3) is 22.6. The smallest absolute Gasteiger partial charge is 0.107 e. The van der Waals surface area contributed by atoms with Crippen LogP contribution in [0.5, 0.6) is 0 Å². The molecule has 0 aromatic carbocycles. The standard InChI is InChI=1S/C21H45S.ClH/c1-4-6-8-10-12-14-16-18-20-22(3)21-19-17-15-13-11-9-7-5-2;/h4-21H2,1-3H3;1H/q+1;/p-1. The second-order valence-electron chi connectivity index (χ2n) is 7.14. The van der Waals surface area contributed by atoms with Crippen molar-refractivity contribution in [2.75, 3.05) is 17.8 Å². The average molecular weight is 365 g/mol. The zero-order valence-corrected chi connectivity index (χ0v) is 18.1. The maximum Gasteiger partial charge on any atom is 0.107 e. The minimum absolute atomic E-state index is 0.